The average Bonchev–Trinajstić information content (AvgIpc) is 2.53. The van der Waals surface area contributed by atoms with Gasteiger partial charge in [0.2, 0.25) is 5.91 Å². The zero-order valence-corrected chi connectivity index (χ0v) is 14.3. The Hall–Kier alpha value is -2.94. The quantitative estimate of drug-likeness (QED) is 0.930. The molecule has 0 saturated heterocycles. The number of nitrogens with one attached hydrogen (secondary N) is 1. The van der Waals surface area contributed by atoms with Crippen molar-refractivity contribution in [2.24, 2.45) is 0 Å². The summed E-state index contributed by atoms with van der Waals surface area (Å²) in [6.07, 6.45) is 0. The Morgan fingerprint density at radius 1 is 1.33 bits per heavy atom. The summed E-state index contributed by atoms with van der Waals surface area (Å²) < 4.78 is 1.04. The monoisotopic (exact) mass is 324 g/mol. The highest BCUT2D eigenvalue weighted by atomic mass is 16.2. The molecule has 1 aromatic heterocycles. The largest absolute Gasteiger partial charge is 0.348 e. The first-order valence-corrected chi connectivity index (χ1v) is 7.68. The van der Waals surface area contributed by atoms with Crippen molar-refractivity contribution in [1.29, 1.82) is 5.26 Å². The van der Waals surface area contributed by atoms with E-state index in [0.29, 0.717) is 11.3 Å². The molecule has 0 aliphatic heterocycles. The maximum Gasteiger partial charge on any atom is 0.285 e. The predicted octanol–water partition coefficient (Wildman–Crippen LogP) is 1.92. The van der Waals surface area contributed by atoms with E-state index in [2.05, 4.69) is 10.4 Å². The van der Waals surface area contributed by atoms with Gasteiger partial charge in [0.1, 0.15) is 18.2 Å². The van der Waals surface area contributed by atoms with Crippen LogP contribution in [0.4, 0.5) is 0 Å². The van der Waals surface area contributed by atoms with E-state index < -0.39 is 5.56 Å². The van der Waals surface area contributed by atoms with Crippen LogP contribution in [0.25, 0.3) is 0 Å². The summed E-state index contributed by atoms with van der Waals surface area (Å²) in [4.78, 5) is 24.5. The van der Waals surface area contributed by atoms with E-state index >= 15 is 0 Å². The highest BCUT2D eigenvalue weighted by Crippen LogP contribution is 2.16. The molecule has 0 fully saturated rings. The molecule has 6 heteroatoms. The SMILES string of the molecule is Cc1ccccc1C(C)NC(=O)Cn1nc(C)c(C)c(C#N)c1=O. The number of carbonyl (C=O) groups is 1. The molecule has 124 valence electrons. The lowest BCUT2D eigenvalue weighted by Gasteiger charge is -2.17. The number of hydrogen-bond acceptors (Lipinski definition) is 4. The lowest BCUT2D eigenvalue weighted by molar-refractivity contribution is -0.122. The van der Waals surface area contributed by atoms with Gasteiger partial charge in [0.15, 0.2) is 0 Å². The summed E-state index contributed by atoms with van der Waals surface area (Å²) in [5.74, 6) is -0.326. The molecule has 1 N–H and O–H groups in total. The molecule has 2 rings (SSSR count). The van der Waals surface area contributed by atoms with Crippen molar-refractivity contribution in [3.63, 3.8) is 0 Å². The minimum Gasteiger partial charge on any atom is -0.348 e. The normalized spacial score (nSPS) is 11.6. The minimum absolute atomic E-state index is 0.0299. The van der Waals surface area contributed by atoms with Crippen molar-refractivity contribution < 1.29 is 4.79 Å². The Morgan fingerprint density at radius 2 is 2.00 bits per heavy atom. The van der Waals surface area contributed by atoms with Crippen LogP contribution in [-0.4, -0.2) is 15.7 Å². The second-order valence-corrected chi connectivity index (χ2v) is 5.81. The van der Waals surface area contributed by atoms with Gasteiger partial charge < -0.3 is 5.32 Å². The number of aryl methyl sites for hydroxylation is 2. The number of nitrogens with zero attached hydrogens (tertiary/aromatic N) is 3. The molecule has 1 heterocycles. The summed E-state index contributed by atoms with van der Waals surface area (Å²) in [7, 11) is 0. The molecule has 0 aliphatic carbocycles. The van der Waals surface area contributed by atoms with Crippen LogP contribution in [0.5, 0.6) is 0 Å². The molecular formula is C18H20N4O2. The summed E-state index contributed by atoms with van der Waals surface area (Å²) in [6, 6.07) is 9.49. The summed E-state index contributed by atoms with van der Waals surface area (Å²) >= 11 is 0. The fraction of sp³-hybridized carbons (Fsp3) is 0.333. The number of aromatic nitrogens is 2. The molecule has 1 atom stereocenters. The van der Waals surface area contributed by atoms with Gasteiger partial charge in [-0.15, -0.1) is 0 Å². The summed E-state index contributed by atoms with van der Waals surface area (Å²) in [5.41, 5.74) is 2.70. The van der Waals surface area contributed by atoms with Gasteiger partial charge in [0.25, 0.3) is 5.56 Å². The van der Waals surface area contributed by atoms with Gasteiger partial charge >= 0.3 is 0 Å². The fourth-order valence-electron chi connectivity index (χ4n) is 2.58. The van der Waals surface area contributed by atoms with Crippen molar-refractivity contribution in [3.8, 4) is 6.07 Å². The average molecular weight is 324 g/mol. The number of hydrogen-bond donors (Lipinski definition) is 1. The highest BCUT2D eigenvalue weighted by molar-refractivity contribution is 5.76. The molecule has 0 aliphatic rings. The topological polar surface area (TPSA) is 87.8 Å². The van der Waals surface area contributed by atoms with E-state index in [1.807, 2.05) is 44.2 Å². The van der Waals surface area contributed by atoms with E-state index in [9.17, 15) is 9.59 Å². The molecule has 0 spiro atoms. The van der Waals surface area contributed by atoms with Crippen molar-refractivity contribution >= 4 is 5.91 Å². The first-order chi connectivity index (χ1) is 11.3. The van der Waals surface area contributed by atoms with Crippen LogP contribution in [0.1, 0.15) is 40.9 Å². The van der Waals surface area contributed by atoms with Gasteiger partial charge in [-0.25, -0.2) is 4.68 Å². The van der Waals surface area contributed by atoms with E-state index in [0.717, 1.165) is 15.8 Å². The van der Waals surface area contributed by atoms with Gasteiger partial charge in [-0.1, -0.05) is 24.3 Å². The second-order valence-electron chi connectivity index (χ2n) is 5.81. The van der Waals surface area contributed by atoms with Gasteiger partial charge in [0.05, 0.1) is 11.7 Å². The zero-order valence-electron chi connectivity index (χ0n) is 14.3. The standard InChI is InChI=1S/C18H20N4O2/c1-11-7-5-6-8-15(11)14(4)20-17(23)10-22-18(24)16(9-19)12(2)13(3)21-22/h5-8,14H,10H2,1-4H3,(H,20,23). The predicted molar refractivity (Wildman–Crippen MR) is 90.4 cm³/mol. The maximum atomic E-state index is 12.3. The second kappa shape index (κ2) is 7.09. The Morgan fingerprint density at radius 3 is 2.62 bits per heavy atom. The first kappa shape index (κ1) is 17.4. The molecule has 2 aromatic rings. The van der Waals surface area contributed by atoms with Crippen LogP contribution in [0.15, 0.2) is 29.1 Å². The van der Waals surface area contributed by atoms with Crippen molar-refractivity contribution in [1.82, 2.24) is 15.1 Å². The number of amides is 1. The molecule has 0 radical (unpaired) electrons. The molecular weight excluding hydrogens is 304 g/mol. The zero-order chi connectivity index (χ0) is 17.9. The highest BCUT2D eigenvalue weighted by Gasteiger charge is 2.16. The third-order valence-corrected chi connectivity index (χ3v) is 4.07. The van der Waals surface area contributed by atoms with E-state index in [1.165, 1.54) is 0 Å². The first-order valence-electron chi connectivity index (χ1n) is 7.68. The number of nitriles is 1. The number of benzene rings is 1. The lowest BCUT2D eigenvalue weighted by atomic mass is 10.0. The molecule has 1 aromatic carbocycles. The molecule has 24 heavy (non-hydrogen) atoms. The molecule has 1 unspecified atom stereocenters. The Labute approximate surface area is 140 Å². The van der Waals surface area contributed by atoms with Gasteiger partial charge in [-0.3, -0.25) is 9.59 Å². The maximum absolute atomic E-state index is 12.3. The third-order valence-electron chi connectivity index (χ3n) is 4.07. The van der Waals surface area contributed by atoms with Crippen molar-refractivity contribution in [2.45, 2.75) is 40.3 Å². The summed E-state index contributed by atoms with van der Waals surface area (Å²) in [5, 5.41) is 16.1. The number of carbonyl (C=O) groups excluding carboxylic acids is 1. The molecule has 0 bridgehead atoms. The minimum atomic E-state index is -0.542. The third kappa shape index (κ3) is 3.51. The van der Waals surface area contributed by atoms with Crippen molar-refractivity contribution in [2.75, 3.05) is 0 Å². The van der Waals surface area contributed by atoms with Crippen LogP contribution in [0.2, 0.25) is 0 Å². The van der Waals surface area contributed by atoms with Crippen molar-refractivity contribution in [3.05, 3.63) is 62.6 Å². The Kier molecular flexibility index (Phi) is 5.14. The van der Waals surface area contributed by atoms with E-state index in [1.54, 1.807) is 13.8 Å². The van der Waals surface area contributed by atoms with Crippen LogP contribution in [0, 0.1) is 32.1 Å². The van der Waals surface area contributed by atoms with Crippen LogP contribution >= 0.6 is 0 Å². The van der Waals surface area contributed by atoms with Crippen LogP contribution in [-0.2, 0) is 11.3 Å². The fourth-order valence-corrected chi connectivity index (χ4v) is 2.58. The Bertz CT molecular complexity index is 878. The smallest absolute Gasteiger partial charge is 0.285 e. The molecule has 1 amide bonds. The van der Waals surface area contributed by atoms with E-state index in [-0.39, 0.29) is 24.1 Å². The van der Waals surface area contributed by atoms with Gasteiger partial charge in [0, 0.05) is 0 Å². The van der Waals surface area contributed by atoms with Crippen LogP contribution < -0.4 is 10.9 Å². The molecule has 6 nitrogen and oxygen atoms in total. The van der Waals surface area contributed by atoms with Gasteiger partial charge in [-0.2, -0.15) is 10.4 Å². The Balaban J connectivity index is 2.20. The molecule has 0 saturated carbocycles. The van der Waals surface area contributed by atoms with Crippen LogP contribution in [0.3, 0.4) is 0 Å². The van der Waals surface area contributed by atoms with E-state index in [4.69, 9.17) is 5.26 Å². The number of rotatable bonds is 4. The summed E-state index contributed by atoms with van der Waals surface area (Å²) in [6.45, 7) is 7.03. The lowest BCUT2D eigenvalue weighted by Crippen LogP contribution is -2.36. The van der Waals surface area contributed by atoms with Gasteiger partial charge in [-0.05, 0) is 44.4 Å².